The predicted molar refractivity (Wildman–Crippen MR) is 75.9 cm³/mol. The fourth-order valence-corrected chi connectivity index (χ4v) is 1.52. The number of benzene rings is 1. The predicted octanol–water partition coefficient (Wildman–Crippen LogP) is 2.43. The van der Waals surface area contributed by atoms with Gasteiger partial charge < -0.3 is 9.15 Å². The molecule has 104 valence electrons. The standard InChI is InChI=1S/C15H16N2O3/c1-11-5-6-13(8-12(11)2)20-10-15(18)17-16-9-14-4-3-7-19-14/h3-9H,10H2,1-2H3,(H,17,18)/b16-9+. The van der Waals surface area contributed by atoms with Crippen molar-refractivity contribution >= 4 is 12.1 Å². The van der Waals surface area contributed by atoms with Gasteiger partial charge in [-0.25, -0.2) is 5.43 Å². The molecule has 0 radical (unpaired) electrons. The van der Waals surface area contributed by atoms with E-state index in [1.165, 1.54) is 18.0 Å². The summed E-state index contributed by atoms with van der Waals surface area (Å²) in [5.74, 6) is 0.907. The molecular formula is C15H16N2O3. The van der Waals surface area contributed by atoms with Crippen molar-refractivity contribution in [2.24, 2.45) is 5.10 Å². The average molecular weight is 272 g/mol. The first kappa shape index (κ1) is 13.9. The number of carbonyl (C=O) groups is 1. The second-order valence-corrected chi connectivity index (χ2v) is 4.34. The highest BCUT2D eigenvalue weighted by molar-refractivity contribution is 5.81. The molecule has 20 heavy (non-hydrogen) atoms. The Morgan fingerprint density at radius 1 is 1.35 bits per heavy atom. The van der Waals surface area contributed by atoms with Crippen LogP contribution in [0.25, 0.3) is 0 Å². The number of hydrogen-bond acceptors (Lipinski definition) is 4. The molecule has 0 aliphatic carbocycles. The first-order valence-corrected chi connectivity index (χ1v) is 6.20. The van der Waals surface area contributed by atoms with Crippen molar-refractivity contribution in [2.45, 2.75) is 13.8 Å². The van der Waals surface area contributed by atoms with Crippen molar-refractivity contribution < 1.29 is 13.9 Å². The van der Waals surface area contributed by atoms with Gasteiger partial charge in [-0.15, -0.1) is 0 Å². The molecule has 5 nitrogen and oxygen atoms in total. The number of aryl methyl sites for hydroxylation is 2. The Kier molecular flexibility index (Phi) is 4.55. The second-order valence-electron chi connectivity index (χ2n) is 4.34. The quantitative estimate of drug-likeness (QED) is 0.671. The summed E-state index contributed by atoms with van der Waals surface area (Å²) in [5, 5.41) is 3.76. The molecule has 0 spiro atoms. The Labute approximate surface area is 117 Å². The molecule has 0 bridgehead atoms. The van der Waals surface area contributed by atoms with Crippen molar-refractivity contribution in [3.05, 3.63) is 53.5 Å². The molecule has 2 rings (SSSR count). The molecular weight excluding hydrogens is 256 g/mol. The van der Waals surface area contributed by atoms with E-state index in [9.17, 15) is 4.79 Å². The monoisotopic (exact) mass is 272 g/mol. The highest BCUT2D eigenvalue weighted by atomic mass is 16.5. The minimum atomic E-state index is -0.328. The number of nitrogens with zero attached hydrogens (tertiary/aromatic N) is 1. The number of rotatable bonds is 5. The summed E-state index contributed by atoms with van der Waals surface area (Å²) in [7, 11) is 0. The van der Waals surface area contributed by atoms with Crippen LogP contribution in [0.1, 0.15) is 16.9 Å². The molecule has 1 N–H and O–H groups in total. The van der Waals surface area contributed by atoms with Crippen LogP contribution in [0.4, 0.5) is 0 Å². The van der Waals surface area contributed by atoms with E-state index in [-0.39, 0.29) is 12.5 Å². The zero-order valence-corrected chi connectivity index (χ0v) is 11.4. The van der Waals surface area contributed by atoms with E-state index < -0.39 is 0 Å². The molecule has 1 amide bonds. The largest absolute Gasteiger partial charge is 0.484 e. The Morgan fingerprint density at radius 2 is 2.20 bits per heavy atom. The van der Waals surface area contributed by atoms with Crippen LogP contribution in [-0.2, 0) is 4.79 Å². The van der Waals surface area contributed by atoms with Crippen LogP contribution in [0.2, 0.25) is 0 Å². The number of amides is 1. The molecule has 0 aliphatic rings. The minimum absolute atomic E-state index is 0.0853. The molecule has 1 aromatic heterocycles. The van der Waals surface area contributed by atoms with E-state index in [2.05, 4.69) is 10.5 Å². The first-order chi connectivity index (χ1) is 9.65. The molecule has 2 aromatic rings. The normalized spacial score (nSPS) is 10.7. The van der Waals surface area contributed by atoms with Gasteiger partial charge in [-0.1, -0.05) is 6.07 Å². The van der Waals surface area contributed by atoms with E-state index in [1.807, 2.05) is 32.0 Å². The molecule has 0 atom stereocenters. The summed E-state index contributed by atoms with van der Waals surface area (Å²) in [6, 6.07) is 9.17. The third-order valence-corrected chi connectivity index (χ3v) is 2.77. The third kappa shape index (κ3) is 3.98. The summed E-state index contributed by atoms with van der Waals surface area (Å²) in [6.45, 7) is 3.93. The molecule has 1 heterocycles. The Balaban J connectivity index is 1.78. The smallest absolute Gasteiger partial charge is 0.277 e. The van der Waals surface area contributed by atoms with Gasteiger partial charge in [-0.05, 0) is 49.2 Å². The SMILES string of the molecule is Cc1ccc(OCC(=O)N/N=C/c2ccco2)cc1C. The van der Waals surface area contributed by atoms with Crippen LogP contribution in [0.5, 0.6) is 5.75 Å². The van der Waals surface area contributed by atoms with Gasteiger partial charge >= 0.3 is 0 Å². The maximum Gasteiger partial charge on any atom is 0.277 e. The topological polar surface area (TPSA) is 63.8 Å². The maximum absolute atomic E-state index is 11.5. The second kappa shape index (κ2) is 6.56. The van der Waals surface area contributed by atoms with Crippen molar-refractivity contribution in [1.82, 2.24) is 5.43 Å². The van der Waals surface area contributed by atoms with Crippen LogP contribution < -0.4 is 10.2 Å². The van der Waals surface area contributed by atoms with Gasteiger partial charge in [-0.2, -0.15) is 5.10 Å². The molecule has 0 saturated carbocycles. The summed E-state index contributed by atoms with van der Waals surface area (Å²) >= 11 is 0. The Hall–Kier alpha value is -2.56. The average Bonchev–Trinajstić information content (AvgIpc) is 2.93. The number of furan rings is 1. The molecule has 0 fully saturated rings. The number of nitrogens with one attached hydrogen (secondary N) is 1. The van der Waals surface area contributed by atoms with Gasteiger partial charge in [0.05, 0.1) is 12.5 Å². The Morgan fingerprint density at radius 3 is 2.90 bits per heavy atom. The molecule has 1 aromatic carbocycles. The van der Waals surface area contributed by atoms with Gasteiger partial charge in [0, 0.05) is 0 Å². The van der Waals surface area contributed by atoms with E-state index >= 15 is 0 Å². The van der Waals surface area contributed by atoms with Crippen LogP contribution in [-0.4, -0.2) is 18.7 Å². The number of ether oxygens (including phenoxy) is 1. The van der Waals surface area contributed by atoms with E-state index in [0.717, 1.165) is 5.56 Å². The minimum Gasteiger partial charge on any atom is -0.484 e. The van der Waals surface area contributed by atoms with Crippen molar-refractivity contribution in [2.75, 3.05) is 6.61 Å². The zero-order chi connectivity index (χ0) is 14.4. The lowest BCUT2D eigenvalue weighted by atomic mass is 10.1. The molecule has 0 saturated heterocycles. The van der Waals surface area contributed by atoms with Crippen molar-refractivity contribution in [3.63, 3.8) is 0 Å². The summed E-state index contributed by atoms with van der Waals surface area (Å²) in [4.78, 5) is 11.5. The zero-order valence-electron chi connectivity index (χ0n) is 11.4. The number of hydrazone groups is 1. The van der Waals surface area contributed by atoms with Gasteiger partial charge in [0.1, 0.15) is 11.5 Å². The molecule has 0 unspecified atom stereocenters. The molecule has 5 heteroatoms. The number of hydrogen-bond donors (Lipinski definition) is 1. The van der Waals surface area contributed by atoms with E-state index in [1.54, 1.807) is 12.1 Å². The van der Waals surface area contributed by atoms with Gasteiger partial charge in [0.15, 0.2) is 6.61 Å². The van der Waals surface area contributed by atoms with Crippen molar-refractivity contribution in [3.8, 4) is 5.75 Å². The van der Waals surface area contributed by atoms with Crippen LogP contribution >= 0.6 is 0 Å². The first-order valence-electron chi connectivity index (χ1n) is 6.20. The number of carbonyl (C=O) groups excluding carboxylic acids is 1. The molecule has 0 aliphatic heterocycles. The lowest BCUT2D eigenvalue weighted by molar-refractivity contribution is -0.123. The van der Waals surface area contributed by atoms with Crippen LogP contribution in [0.15, 0.2) is 46.1 Å². The van der Waals surface area contributed by atoms with Crippen molar-refractivity contribution in [1.29, 1.82) is 0 Å². The van der Waals surface area contributed by atoms with Gasteiger partial charge in [0.2, 0.25) is 0 Å². The summed E-state index contributed by atoms with van der Waals surface area (Å²) in [5.41, 5.74) is 4.67. The van der Waals surface area contributed by atoms with Gasteiger partial charge in [-0.3, -0.25) is 4.79 Å². The van der Waals surface area contributed by atoms with E-state index in [4.69, 9.17) is 9.15 Å². The fraction of sp³-hybridized carbons (Fsp3) is 0.200. The third-order valence-electron chi connectivity index (χ3n) is 2.77. The summed E-state index contributed by atoms with van der Waals surface area (Å²) in [6.07, 6.45) is 2.96. The maximum atomic E-state index is 11.5. The lowest BCUT2D eigenvalue weighted by Gasteiger charge is -2.07. The van der Waals surface area contributed by atoms with E-state index in [0.29, 0.717) is 11.5 Å². The summed E-state index contributed by atoms with van der Waals surface area (Å²) < 4.78 is 10.4. The highest BCUT2D eigenvalue weighted by Gasteiger charge is 2.02. The fourth-order valence-electron chi connectivity index (χ4n) is 1.52. The van der Waals surface area contributed by atoms with Crippen LogP contribution in [0.3, 0.4) is 0 Å². The van der Waals surface area contributed by atoms with Crippen LogP contribution in [0, 0.1) is 13.8 Å². The highest BCUT2D eigenvalue weighted by Crippen LogP contribution is 2.16. The Bertz CT molecular complexity index is 604. The van der Waals surface area contributed by atoms with Gasteiger partial charge in [0.25, 0.3) is 5.91 Å². The lowest BCUT2D eigenvalue weighted by Crippen LogP contribution is -2.24.